The fourth-order valence-electron chi connectivity index (χ4n) is 4.65. The summed E-state index contributed by atoms with van der Waals surface area (Å²) in [6, 6.07) is 11.4. The summed E-state index contributed by atoms with van der Waals surface area (Å²) in [4.78, 5) is 12.5. The summed E-state index contributed by atoms with van der Waals surface area (Å²) in [5.41, 5.74) is 4.68. The smallest absolute Gasteiger partial charge is 0.244 e. The van der Waals surface area contributed by atoms with E-state index >= 15 is 0 Å². The van der Waals surface area contributed by atoms with Crippen LogP contribution in [0.4, 0.5) is 0 Å². The molecule has 7 heteroatoms. The van der Waals surface area contributed by atoms with Gasteiger partial charge in [0.15, 0.2) is 0 Å². The number of hydrogen-bond donors (Lipinski definition) is 1. The Hall–Kier alpha value is -1.37. The van der Waals surface area contributed by atoms with Gasteiger partial charge in [0.05, 0.1) is 15.2 Å². The Bertz CT molecular complexity index is 974. The highest BCUT2D eigenvalue weighted by molar-refractivity contribution is 9.11. The summed E-state index contributed by atoms with van der Waals surface area (Å²) in [5.74, 6) is 1.36. The second kappa shape index (κ2) is 9.01. The normalized spacial score (nSPS) is 25.1. The summed E-state index contributed by atoms with van der Waals surface area (Å²) < 4.78 is 7.52. The number of hydrogen-bond acceptors (Lipinski definition) is 3. The Kier molecular flexibility index (Phi) is 6.56. The van der Waals surface area contributed by atoms with Crippen molar-refractivity contribution in [3.05, 3.63) is 61.5 Å². The summed E-state index contributed by atoms with van der Waals surface area (Å²) in [7, 11) is 0. The molecule has 2 aliphatic carbocycles. The van der Waals surface area contributed by atoms with E-state index in [0.29, 0.717) is 23.3 Å². The van der Waals surface area contributed by atoms with Gasteiger partial charge in [-0.2, -0.15) is 5.10 Å². The van der Waals surface area contributed by atoms with Crippen LogP contribution in [0.3, 0.4) is 0 Å². The lowest BCUT2D eigenvalue weighted by molar-refractivity contribution is -0.123. The van der Waals surface area contributed by atoms with E-state index < -0.39 is 0 Å². The molecule has 2 aromatic rings. The van der Waals surface area contributed by atoms with Crippen molar-refractivity contribution in [1.82, 2.24) is 5.43 Å². The van der Waals surface area contributed by atoms with Gasteiger partial charge in [-0.15, -0.1) is 0 Å². The molecule has 0 spiro atoms. The molecule has 2 aromatic carbocycles. The molecule has 30 heavy (non-hydrogen) atoms. The average Bonchev–Trinajstić information content (AvgIpc) is 3.34. The van der Waals surface area contributed by atoms with Crippen LogP contribution in [0.2, 0.25) is 5.02 Å². The highest BCUT2D eigenvalue weighted by Gasteiger charge is 2.64. The maximum absolute atomic E-state index is 12.5. The Labute approximate surface area is 198 Å². The third kappa shape index (κ3) is 4.46. The first-order valence-corrected chi connectivity index (χ1v) is 12.0. The molecule has 2 aliphatic rings. The van der Waals surface area contributed by atoms with Crippen LogP contribution in [-0.4, -0.2) is 12.1 Å². The van der Waals surface area contributed by atoms with Crippen LogP contribution in [0.25, 0.3) is 0 Å². The molecule has 2 saturated carbocycles. The number of ether oxygens (including phenoxy) is 1. The van der Waals surface area contributed by atoms with E-state index in [1.165, 1.54) is 12.8 Å². The van der Waals surface area contributed by atoms with Crippen molar-refractivity contribution >= 4 is 55.6 Å². The molecule has 0 aromatic heterocycles. The highest BCUT2D eigenvalue weighted by Crippen LogP contribution is 2.66. The molecule has 4 nitrogen and oxygen atoms in total. The maximum atomic E-state index is 12.5. The van der Waals surface area contributed by atoms with Crippen LogP contribution < -0.4 is 10.2 Å². The number of benzene rings is 2. The van der Waals surface area contributed by atoms with Gasteiger partial charge in [0.25, 0.3) is 0 Å². The average molecular weight is 555 g/mol. The van der Waals surface area contributed by atoms with Gasteiger partial charge in [-0.3, -0.25) is 4.79 Å². The van der Waals surface area contributed by atoms with Gasteiger partial charge < -0.3 is 4.74 Å². The van der Waals surface area contributed by atoms with Gasteiger partial charge in [-0.25, -0.2) is 5.43 Å². The first-order chi connectivity index (χ1) is 14.4. The third-order valence-corrected chi connectivity index (χ3v) is 7.90. The minimum absolute atomic E-state index is 0.0403. The van der Waals surface area contributed by atoms with Crippen molar-refractivity contribution in [1.29, 1.82) is 0 Å². The van der Waals surface area contributed by atoms with Crippen molar-refractivity contribution in [2.24, 2.45) is 22.4 Å². The SMILES string of the molecule is C[C@]12CCCC[C@H]1[C@H]2C(=O)N/N=C\c1cc(Br)c(OCc2ccccc2Cl)c(Br)c1. The Balaban J connectivity index is 1.37. The number of fused-ring (bicyclic) bond motifs is 1. The van der Waals surface area contributed by atoms with Gasteiger partial charge in [0.2, 0.25) is 5.91 Å². The van der Waals surface area contributed by atoms with E-state index in [2.05, 4.69) is 49.3 Å². The van der Waals surface area contributed by atoms with Crippen LogP contribution in [0.5, 0.6) is 5.75 Å². The molecular weight excluding hydrogens is 532 g/mol. The predicted molar refractivity (Wildman–Crippen MR) is 127 cm³/mol. The minimum atomic E-state index is 0.0403. The number of nitrogens with one attached hydrogen (secondary N) is 1. The molecule has 0 radical (unpaired) electrons. The van der Waals surface area contributed by atoms with E-state index in [1.54, 1.807) is 6.21 Å². The Morgan fingerprint density at radius 1 is 1.30 bits per heavy atom. The number of hydrazone groups is 1. The zero-order chi connectivity index (χ0) is 21.3. The zero-order valence-corrected chi connectivity index (χ0v) is 20.6. The van der Waals surface area contributed by atoms with E-state index in [0.717, 1.165) is 32.9 Å². The summed E-state index contributed by atoms with van der Waals surface area (Å²) >= 11 is 13.3. The van der Waals surface area contributed by atoms with Crippen LogP contribution in [0.1, 0.15) is 43.7 Å². The first-order valence-electron chi connectivity index (χ1n) is 10.1. The number of amides is 1. The van der Waals surface area contributed by atoms with Gasteiger partial charge in [0, 0.05) is 16.5 Å². The van der Waals surface area contributed by atoms with E-state index in [4.69, 9.17) is 16.3 Å². The number of carbonyl (C=O) groups is 1. The van der Waals surface area contributed by atoms with Crippen LogP contribution in [-0.2, 0) is 11.4 Å². The molecule has 0 saturated heterocycles. The Morgan fingerprint density at radius 2 is 2.03 bits per heavy atom. The van der Waals surface area contributed by atoms with Crippen molar-refractivity contribution in [2.75, 3.05) is 0 Å². The number of rotatable bonds is 6. The molecule has 1 N–H and O–H groups in total. The minimum Gasteiger partial charge on any atom is -0.486 e. The quantitative estimate of drug-likeness (QED) is 0.318. The van der Waals surface area contributed by atoms with Crippen molar-refractivity contribution in [3.8, 4) is 5.75 Å². The maximum Gasteiger partial charge on any atom is 0.244 e. The second-order valence-electron chi connectivity index (χ2n) is 8.26. The van der Waals surface area contributed by atoms with E-state index in [-0.39, 0.29) is 17.2 Å². The zero-order valence-electron chi connectivity index (χ0n) is 16.6. The van der Waals surface area contributed by atoms with Crippen LogP contribution >= 0.6 is 43.5 Å². The largest absolute Gasteiger partial charge is 0.486 e. The van der Waals surface area contributed by atoms with Crippen molar-refractivity contribution in [2.45, 2.75) is 39.2 Å². The lowest BCUT2D eigenvalue weighted by Gasteiger charge is -2.15. The highest BCUT2D eigenvalue weighted by atomic mass is 79.9. The summed E-state index contributed by atoms with van der Waals surface area (Å²) in [5, 5.41) is 4.86. The van der Waals surface area contributed by atoms with Crippen LogP contribution in [0, 0.1) is 17.3 Å². The molecule has 3 atom stereocenters. The molecular formula is C23H23Br2ClN2O2. The molecule has 158 valence electrons. The lowest BCUT2D eigenvalue weighted by Crippen LogP contribution is -2.22. The lowest BCUT2D eigenvalue weighted by atomic mass is 9.90. The number of nitrogens with zero attached hydrogens (tertiary/aromatic N) is 1. The molecule has 0 aliphatic heterocycles. The molecule has 2 fully saturated rings. The van der Waals surface area contributed by atoms with Gasteiger partial charge >= 0.3 is 0 Å². The monoisotopic (exact) mass is 552 g/mol. The van der Waals surface area contributed by atoms with Gasteiger partial charge in [0.1, 0.15) is 12.4 Å². The van der Waals surface area contributed by atoms with E-state index in [9.17, 15) is 4.79 Å². The predicted octanol–water partition coefficient (Wildman–Crippen LogP) is 6.72. The fourth-order valence-corrected chi connectivity index (χ4v) is 6.29. The van der Waals surface area contributed by atoms with Crippen LogP contribution in [0.15, 0.2) is 50.4 Å². The van der Waals surface area contributed by atoms with E-state index in [1.807, 2.05) is 36.4 Å². The Morgan fingerprint density at radius 3 is 2.70 bits per heavy atom. The fraction of sp³-hybridized carbons (Fsp3) is 0.391. The number of halogens is 3. The summed E-state index contributed by atoms with van der Waals surface area (Å²) in [6.07, 6.45) is 6.43. The summed E-state index contributed by atoms with van der Waals surface area (Å²) in [6.45, 7) is 2.60. The standard InChI is InChI=1S/C23H23Br2ClN2O2/c1-23-9-5-4-7-16(23)20(23)22(29)28-27-12-14-10-17(24)21(18(25)11-14)30-13-15-6-2-3-8-19(15)26/h2-3,6,8,10-12,16,20H,4-5,7,9,13H2,1H3,(H,28,29)/b27-12-/t16-,20-,23-/m0/s1. The molecule has 0 unspecified atom stereocenters. The van der Waals surface area contributed by atoms with Gasteiger partial charge in [-0.1, -0.05) is 49.6 Å². The van der Waals surface area contributed by atoms with Crippen molar-refractivity contribution in [3.63, 3.8) is 0 Å². The molecule has 0 bridgehead atoms. The molecule has 0 heterocycles. The second-order valence-corrected chi connectivity index (χ2v) is 10.4. The number of carbonyl (C=O) groups excluding carboxylic acids is 1. The molecule has 1 amide bonds. The molecule has 4 rings (SSSR count). The third-order valence-electron chi connectivity index (χ3n) is 6.35. The van der Waals surface area contributed by atoms with Gasteiger partial charge in [-0.05, 0) is 79.8 Å². The van der Waals surface area contributed by atoms with Crippen molar-refractivity contribution < 1.29 is 9.53 Å². The first kappa shape index (κ1) is 21.8. The topological polar surface area (TPSA) is 50.7 Å².